The number of hydrogen-bond donors (Lipinski definition) is 2. The van der Waals surface area contributed by atoms with E-state index >= 15 is 0 Å². The van der Waals surface area contributed by atoms with Crippen molar-refractivity contribution in [2.45, 2.75) is 6.04 Å². The number of amides is 1. The molecule has 0 saturated carbocycles. The number of ether oxygens (including phenoxy) is 1. The SMILES string of the molecule is NC(C(=O)Nc1cc(F)cc(N2CCOCC2)c1)c1ccccc1. The van der Waals surface area contributed by atoms with Crippen LogP contribution in [0, 0.1) is 5.82 Å². The van der Waals surface area contributed by atoms with Crippen LogP contribution in [-0.4, -0.2) is 32.2 Å². The Morgan fingerprint density at radius 3 is 2.58 bits per heavy atom. The minimum absolute atomic E-state index is 0.375. The van der Waals surface area contributed by atoms with E-state index < -0.39 is 11.9 Å². The molecular formula is C18H20FN3O2. The molecule has 1 atom stereocenters. The quantitative estimate of drug-likeness (QED) is 0.903. The minimum atomic E-state index is -0.804. The van der Waals surface area contributed by atoms with Gasteiger partial charge in [0.15, 0.2) is 0 Å². The number of carbonyl (C=O) groups excluding carboxylic acids is 1. The molecule has 3 N–H and O–H groups in total. The van der Waals surface area contributed by atoms with Crippen molar-refractivity contribution in [3.05, 3.63) is 59.9 Å². The maximum atomic E-state index is 13.9. The molecule has 1 amide bonds. The summed E-state index contributed by atoms with van der Waals surface area (Å²) in [6.45, 7) is 2.61. The van der Waals surface area contributed by atoms with Gasteiger partial charge in [0.1, 0.15) is 11.9 Å². The zero-order valence-corrected chi connectivity index (χ0v) is 13.2. The monoisotopic (exact) mass is 329 g/mol. The van der Waals surface area contributed by atoms with Gasteiger partial charge >= 0.3 is 0 Å². The summed E-state index contributed by atoms with van der Waals surface area (Å²) in [5, 5.41) is 2.70. The molecule has 0 bridgehead atoms. The van der Waals surface area contributed by atoms with E-state index in [9.17, 15) is 9.18 Å². The Kier molecular flexibility index (Phi) is 5.08. The number of nitrogens with zero attached hydrogens (tertiary/aromatic N) is 1. The zero-order chi connectivity index (χ0) is 16.9. The van der Waals surface area contributed by atoms with Crippen LogP contribution in [0.15, 0.2) is 48.5 Å². The predicted octanol–water partition coefficient (Wildman–Crippen LogP) is 2.30. The van der Waals surface area contributed by atoms with Crippen molar-refractivity contribution in [3.8, 4) is 0 Å². The van der Waals surface area contributed by atoms with E-state index in [4.69, 9.17) is 10.5 Å². The summed E-state index contributed by atoms with van der Waals surface area (Å²) in [6, 6.07) is 12.8. The Labute approximate surface area is 140 Å². The molecule has 0 aliphatic carbocycles. The highest BCUT2D eigenvalue weighted by Crippen LogP contribution is 2.23. The van der Waals surface area contributed by atoms with Gasteiger partial charge in [-0.2, -0.15) is 0 Å². The molecule has 6 heteroatoms. The lowest BCUT2D eigenvalue weighted by Gasteiger charge is -2.29. The van der Waals surface area contributed by atoms with Crippen molar-refractivity contribution < 1.29 is 13.9 Å². The number of rotatable bonds is 4. The van der Waals surface area contributed by atoms with Crippen molar-refractivity contribution in [3.63, 3.8) is 0 Å². The smallest absolute Gasteiger partial charge is 0.245 e. The van der Waals surface area contributed by atoms with Crippen molar-refractivity contribution in [2.75, 3.05) is 36.5 Å². The Morgan fingerprint density at radius 2 is 1.88 bits per heavy atom. The molecule has 3 rings (SSSR count). The highest BCUT2D eigenvalue weighted by atomic mass is 19.1. The first-order chi connectivity index (χ1) is 11.6. The van der Waals surface area contributed by atoms with E-state index in [1.165, 1.54) is 12.1 Å². The number of benzene rings is 2. The molecular weight excluding hydrogens is 309 g/mol. The van der Waals surface area contributed by atoms with Crippen LogP contribution in [-0.2, 0) is 9.53 Å². The lowest BCUT2D eigenvalue weighted by Crippen LogP contribution is -2.36. The average Bonchev–Trinajstić information content (AvgIpc) is 2.62. The molecule has 2 aromatic rings. The zero-order valence-electron chi connectivity index (χ0n) is 13.2. The van der Waals surface area contributed by atoms with E-state index in [2.05, 4.69) is 5.32 Å². The molecule has 1 aliphatic rings. The largest absolute Gasteiger partial charge is 0.378 e. The number of nitrogens with one attached hydrogen (secondary N) is 1. The van der Waals surface area contributed by atoms with Crippen molar-refractivity contribution >= 4 is 17.3 Å². The van der Waals surface area contributed by atoms with Crippen LogP contribution in [0.25, 0.3) is 0 Å². The molecule has 0 spiro atoms. The number of morpholine rings is 1. The van der Waals surface area contributed by atoms with Crippen LogP contribution >= 0.6 is 0 Å². The Balaban J connectivity index is 1.74. The number of halogens is 1. The summed E-state index contributed by atoms with van der Waals surface area (Å²) < 4.78 is 19.2. The van der Waals surface area contributed by atoms with Crippen molar-refractivity contribution in [2.24, 2.45) is 5.73 Å². The van der Waals surface area contributed by atoms with Gasteiger partial charge in [-0.1, -0.05) is 30.3 Å². The van der Waals surface area contributed by atoms with Crippen LogP contribution in [0.2, 0.25) is 0 Å². The van der Waals surface area contributed by atoms with E-state index in [1.807, 2.05) is 23.1 Å². The Hall–Kier alpha value is -2.44. The van der Waals surface area contributed by atoms with Crippen LogP contribution in [0.5, 0.6) is 0 Å². The third kappa shape index (κ3) is 3.90. The maximum absolute atomic E-state index is 13.9. The molecule has 0 radical (unpaired) electrons. The topological polar surface area (TPSA) is 67.6 Å². The summed E-state index contributed by atoms with van der Waals surface area (Å²) in [6.07, 6.45) is 0. The third-order valence-corrected chi connectivity index (χ3v) is 3.97. The fourth-order valence-corrected chi connectivity index (χ4v) is 2.68. The number of nitrogens with two attached hydrogens (primary N) is 1. The second kappa shape index (κ2) is 7.42. The highest BCUT2D eigenvalue weighted by molar-refractivity contribution is 5.95. The van der Waals surface area contributed by atoms with Crippen LogP contribution in [0.1, 0.15) is 11.6 Å². The summed E-state index contributed by atoms with van der Waals surface area (Å²) in [5.41, 5.74) is 7.80. The van der Waals surface area contributed by atoms with Gasteiger partial charge in [-0.15, -0.1) is 0 Å². The normalized spacial score (nSPS) is 15.8. The number of hydrogen-bond acceptors (Lipinski definition) is 4. The molecule has 1 heterocycles. The van der Waals surface area contributed by atoms with Crippen molar-refractivity contribution in [1.82, 2.24) is 0 Å². The average molecular weight is 329 g/mol. The third-order valence-electron chi connectivity index (χ3n) is 3.97. The Bertz CT molecular complexity index is 703. The first-order valence-electron chi connectivity index (χ1n) is 7.88. The summed E-state index contributed by atoms with van der Waals surface area (Å²) in [7, 11) is 0. The fraction of sp³-hybridized carbons (Fsp3) is 0.278. The van der Waals surface area contributed by atoms with Gasteiger partial charge in [-0.25, -0.2) is 4.39 Å². The van der Waals surface area contributed by atoms with E-state index in [0.717, 1.165) is 5.69 Å². The summed E-state index contributed by atoms with van der Waals surface area (Å²) in [5.74, 6) is -0.776. The molecule has 24 heavy (non-hydrogen) atoms. The molecule has 5 nitrogen and oxygen atoms in total. The highest BCUT2D eigenvalue weighted by Gasteiger charge is 2.17. The van der Waals surface area contributed by atoms with Gasteiger partial charge in [0.05, 0.1) is 13.2 Å². The molecule has 2 aromatic carbocycles. The summed E-state index contributed by atoms with van der Waals surface area (Å²) in [4.78, 5) is 14.3. The molecule has 1 fully saturated rings. The van der Waals surface area contributed by atoms with Crippen LogP contribution in [0.4, 0.5) is 15.8 Å². The number of anilines is 2. The maximum Gasteiger partial charge on any atom is 0.245 e. The van der Waals surface area contributed by atoms with Crippen LogP contribution < -0.4 is 16.0 Å². The molecule has 0 aromatic heterocycles. The molecule has 126 valence electrons. The second-order valence-corrected chi connectivity index (χ2v) is 5.68. The van der Waals surface area contributed by atoms with E-state index in [0.29, 0.717) is 37.6 Å². The number of carbonyl (C=O) groups is 1. The minimum Gasteiger partial charge on any atom is -0.378 e. The van der Waals surface area contributed by atoms with E-state index in [-0.39, 0.29) is 5.91 Å². The Morgan fingerprint density at radius 1 is 1.17 bits per heavy atom. The van der Waals surface area contributed by atoms with Gasteiger partial charge in [0.25, 0.3) is 0 Å². The first kappa shape index (κ1) is 16.4. The van der Waals surface area contributed by atoms with Gasteiger partial charge in [-0.05, 0) is 23.8 Å². The second-order valence-electron chi connectivity index (χ2n) is 5.68. The van der Waals surface area contributed by atoms with E-state index in [1.54, 1.807) is 18.2 Å². The molecule has 1 saturated heterocycles. The standard InChI is InChI=1S/C18H20FN3O2/c19-14-10-15(12-16(11-14)22-6-8-24-9-7-22)21-18(23)17(20)13-4-2-1-3-5-13/h1-5,10-12,17H,6-9,20H2,(H,21,23). The first-order valence-corrected chi connectivity index (χ1v) is 7.88. The fourth-order valence-electron chi connectivity index (χ4n) is 2.68. The van der Waals surface area contributed by atoms with Gasteiger partial charge < -0.3 is 20.7 Å². The lowest BCUT2D eigenvalue weighted by molar-refractivity contribution is -0.117. The lowest BCUT2D eigenvalue weighted by atomic mass is 10.1. The van der Waals surface area contributed by atoms with Crippen LogP contribution in [0.3, 0.4) is 0 Å². The predicted molar refractivity (Wildman–Crippen MR) is 91.4 cm³/mol. The van der Waals surface area contributed by atoms with Gasteiger partial charge in [0.2, 0.25) is 5.91 Å². The van der Waals surface area contributed by atoms with Gasteiger partial charge in [0, 0.05) is 24.5 Å². The van der Waals surface area contributed by atoms with Crippen molar-refractivity contribution in [1.29, 1.82) is 0 Å². The van der Waals surface area contributed by atoms with Gasteiger partial charge in [-0.3, -0.25) is 4.79 Å². The molecule has 1 unspecified atom stereocenters. The molecule has 1 aliphatic heterocycles. The summed E-state index contributed by atoms with van der Waals surface area (Å²) >= 11 is 0.